The van der Waals surface area contributed by atoms with E-state index in [9.17, 15) is 4.79 Å². The molecule has 128 valence electrons. The molecule has 0 N–H and O–H groups in total. The van der Waals surface area contributed by atoms with Gasteiger partial charge in [0.2, 0.25) is 0 Å². The summed E-state index contributed by atoms with van der Waals surface area (Å²) >= 11 is 0. The lowest BCUT2D eigenvalue weighted by atomic mass is 10.0. The Morgan fingerprint density at radius 2 is 2.25 bits per heavy atom. The first-order valence-electron chi connectivity index (χ1n) is 8.46. The Morgan fingerprint density at radius 1 is 1.42 bits per heavy atom. The van der Waals surface area contributed by atoms with Crippen LogP contribution in [0.4, 0.5) is 0 Å². The third kappa shape index (κ3) is 2.73. The van der Waals surface area contributed by atoms with Crippen LogP contribution < -0.4 is 0 Å². The summed E-state index contributed by atoms with van der Waals surface area (Å²) in [5.41, 5.74) is 2.77. The van der Waals surface area contributed by atoms with E-state index in [1.54, 1.807) is 10.9 Å². The highest BCUT2D eigenvalue weighted by molar-refractivity contribution is 5.93. The summed E-state index contributed by atoms with van der Waals surface area (Å²) in [4.78, 5) is 14.8. The van der Waals surface area contributed by atoms with Gasteiger partial charge in [0.15, 0.2) is 5.76 Å². The van der Waals surface area contributed by atoms with E-state index >= 15 is 0 Å². The number of carbonyl (C=O) groups is 1. The largest absolute Gasteiger partial charge is 0.459 e. The van der Waals surface area contributed by atoms with Gasteiger partial charge in [0.25, 0.3) is 5.91 Å². The van der Waals surface area contributed by atoms with Crippen molar-refractivity contribution in [2.75, 3.05) is 19.8 Å². The molecule has 7 nitrogen and oxygen atoms in total. The third-order valence-corrected chi connectivity index (χ3v) is 4.90. The molecular formula is C17H22N4O3. The van der Waals surface area contributed by atoms with Gasteiger partial charge in [-0.25, -0.2) is 0 Å². The molecule has 4 rings (SSSR count). The fourth-order valence-corrected chi connectivity index (χ4v) is 3.24. The first-order valence-corrected chi connectivity index (χ1v) is 8.46. The van der Waals surface area contributed by atoms with E-state index in [0.29, 0.717) is 24.8 Å². The van der Waals surface area contributed by atoms with Crippen molar-refractivity contribution in [3.63, 3.8) is 0 Å². The number of fused-ring (bicyclic) bond motifs is 1. The van der Waals surface area contributed by atoms with Gasteiger partial charge in [-0.3, -0.25) is 9.48 Å². The molecule has 0 bridgehead atoms. The number of rotatable bonds is 5. The Hall–Kier alpha value is -2.15. The molecule has 2 aliphatic rings. The molecule has 24 heavy (non-hydrogen) atoms. The molecule has 1 saturated carbocycles. The monoisotopic (exact) mass is 330 g/mol. The molecule has 1 aliphatic heterocycles. The maximum atomic E-state index is 12.9. The Labute approximate surface area is 140 Å². The van der Waals surface area contributed by atoms with Crippen molar-refractivity contribution in [3.05, 3.63) is 35.0 Å². The predicted molar refractivity (Wildman–Crippen MR) is 85.5 cm³/mol. The van der Waals surface area contributed by atoms with Gasteiger partial charge in [-0.1, -0.05) is 5.21 Å². The molecular weight excluding hydrogens is 308 g/mol. The zero-order valence-electron chi connectivity index (χ0n) is 14.1. The smallest absolute Gasteiger partial charge is 0.290 e. The van der Waals surface area contributed by atoms with E-state index in [1.165, 1.54) is 12.8 Å². The van der Waals surface area contributed by atoms with Crippen molar-refractivity contribution >= 4 is 5.91 Å². The Kier molecular flexibility index (Phi) is 3.88. The normalized spacial score (nSPS) is 20.2. The summed E-state index contributed by atoms with van der Waals surface area (Å²) in [5, 5.41) is 8.42. The van der Waals surface area contributed by atoms with Crippen LogP contribution in [0.1, 0.15) is 46.4 Å². The molecule has 1 amide bonds. The topological polar surface area (TPSA) is 73.4 Å². The minimum absolute atomic E-state index is 0.103. The van der Waals surface area contributed by atoms with Gasteiger partial charge >= 0.3 is 0 Å². The lowest BCUT2D eigenvalue weighted by Gasteiger charge is -2.34. The summed E-state index contributed by atoms with van der Waals surface area (Å²) in [7, 11) is 1.89. The Balaban J connectivity index is 1.59. The zero-order chi connectivity index (χ0) is 16.7. The molecule has 7 heteroatoms. The minimum atomic E-state index is -0.210. The van der Waals surface area contributed by atoms with E-state index in [4.69, 9.17) is 9.15 Å². The number of amides is 1. The van der Waals surface area contributed by atoms with Crippen LogP contribution in [0.5, 0.6) is 0 Å². The Morgan fingerprint density at radius 3 is 2.96 bits per heavy atom. The van der Waals surface area contributed by atoms with Crippen LogP contribution in [0.2, 0.25) is 0 Å². The van der Waals surface area contributed by atoms with Gasteiger partial charge in [-0.05, 0) is 31.7 Å². The molecule has 0 spiro atoms. The molecule has 0 saturated heterocycles. The second kappa shape index (κ2) is 6.05. The molecule has 2 aromatic rings. The molecule has 1 atom stereocenters. The molecule has 3 heterocycles. The molecule has 0 aromatic carbocycles. The van der Waals surface area contributed by atoms with Crippen LogP contribution in [0.15, 0.2) is 16.7 Å². The van der Waals surface area contributed by atoms with Crippen LogP contribution in [0.25, 0.3) is 0 Å². The van der Waals surface area contributed by atoms with Crippen molar-refractivity contribution in [3.8, 4) is 0 Å². The summed E-state index contributed by atoms with van der Waals surface area (Å²) < 4.78 is 13.1. The average Bonchev–Trinajstić information content (AvgIpc) is 3.18. The predicted octanol–water partition coefficient (Wildman–Crippen LogP) is 1.88. The highest BCUT2D eigenvalue weighted by Crippen LogP contribution is 2.32. The summed E-state index contributed by atoms with van der Waals surface area (Å²) in [5.74, 6) is 0.981. The van der Waals surface area contributed by atoms with Crippen molar-refractivity contribution in [1.29, 1.82) is 0 Å². The second-order valence-corrected chi connectivity index (χ2v) is 6.72. The van der Waals surface area contributed by atoms with Gasteiger partial charge in [-0.15, -0.1) is 5.10 Å². The van der Waals surface area contributed by atoms with Gasteiger partial charge in [0, 0.05) is 32.2 Å². The Bertz CT molecular complexity index is 747. The van der Waals surface area contributed by atoms with Gasteiger partial charge in [0.05, 0.1) is 18.6 Å². The van der Waals surface area contributed by atoms with E-state index in [1.807, 2.05) is 24.9 Å². The maximum absolute atomic E-state index is 12.9. The number of nitrogens with zero attached hydrogens (tertiary/aromatic N) is 4. The van der Waals surface area contributed by atoms with E-state index in [0.717, 1.165) is 30.0 Å². The van der Waals surface area contributed by atoms with E-state index < -0.39 is 0 Å². The average molecular weight is 330 g/mol. The number of aryl methyl sites for hydroxylation is 2. The van der Waals surface area contributed by atoms with Crippen molar-refractivity contribution < 1.29 is 13.9 Å². The van der Waals surface area contributed by atoms with Crippen LogP contribution >= 0.6 is 0 Å². The fraction of sp³-hybridized carbons (Fsp3) is 0.588. The van der Waals surface area contributed by atoms with Gasteiger partial charge in [-0.2, -0.15) is 0 Å². The standard InChI is InChI=1S/C17H22N4O3/c1-11-6-8-24-16(11)17(22)21-7-5-13-15(18-19-20(13)2)14(21)10-23-9-12-3-4-12/h6,8,12,14H,3-5,7,9-10H2,1-2H3/t14-/m0/s1. The minimum Gasteiger partial charge on any atom is -0.459 e. The third-order valence-electron chi connectivity index (χ3n) is 4.90. The number of carbonyl (C=O) groups excluding carboxylic acids is 1. The first-order chi connectivity index (χ1) is 11.6. The van der Waals surface area contributed by atoms with Crippen molar-refractivity contribution in [2.24, 2.45) is 13.0 Å². The second-order valence-electron chi connectivity index (χ2n) is 6.72. The first kappa shape index (κ1) is 15.4. The SMILES string of the molecule is Cc1ccoc1C(=O)N1CCc2c(nnn2C)[C@@H]1COCC1CC1. The van der Waals surface area contributed by atoms with Crippen LogP contribution in [-0.4, -0.2) is 45.6 Å². The number of ether oxygens (including phenoxy) is 1. The molecule has 1 aliphatic carbocycles. The van der Waals surface area contributed by atoms with Crippen LogP contribution in [0, 0.1) is 12.8 Å². The van der Waals surface area contributed by atoms with Crippen molar-refractivity contribution in [1.82, 2.24) is 19.9 Å². The van der Waals surface area contributed by atoms with Crippen molar-refractivity contribution in [2.45, 2.75) is 32.2 Å². The maximum Gasteiger partial charge on any atom is 0.290 e. The number of aromatic nitrogens is 3. The van der Waals surface area contributed by atoms with Crippen LogP contribution in [0.3, 0.4) is 0 Å². The van der Waals surface area contributed by atoms with E-state index in [2.05, 4.69) is 10.3 Å². The zero-order valence-corrected chi connectivity index (χ0v) is 14.1. The van der Waals surface area contributed by atoms with Gasteiger partial charge in [0.1, 0.15) is 11.7 Å². The number of hydrogen-bond acceptors (Lipinski definition) is 5. The number of hydrogen-bond donors (Lipinski definition) is 0. The highest BCUT2D eigenvalue weighted by atomic mass is 16.5. The quantitative estimate of drug-likeness (QED) is 0.837. The van der Waals surface area contributed by atoms with Crippen LogP contribution in [-0.2, 0) is 18.2 Å². The van der Waals surface area contributed by atoms with Gasteiger partial charge < -0.3 is 14.1 Å². The summed E-state index contributed by atoms with van der Waals surface area (Å²) in [6.07, 6.45) is 4.78. The summed E-state index contributed by atoms with van der Waals surface area (Å²) in [6.45, 7) is 3.71. The molecule has 0 radical (unpaired) electrons. The number of furan rings is 1. The lowest BCUT2D eigenvalue weighted by Crippen LogP contribution is -2.42. The molecule has 1 fully saturated rings. The van der Waals surface area contributed by atoms with E-state index in [-0.39, 0.29) is 11.9 Å². The lowest BCUT2D eigenvalue weighted by molar-refractivity contribution is 0.0333. The summed E-state index contributed by atoms with van der Waals surface area (Å²) in [6, 6.07) is 1.60. The molecule has 0 unspecified atom stereocenters. The highest BCUT2D eigenvalue weighted by Gasteiger charge is 2.36. The fourth-order valence-electron chi connectivity index (χ4n) is 3.24. The molecule has 2 aromatic heterocycles.